The Morgan fingerprint density at radius 1 is 0.633 bits per heavy atom. The minimum Gasteiger partial charge on any atom is -0.507 e. The van der Waals surface area contributed by atoms with Crippen molar-refractivity contribution in [1.29, 1.82) is 0 Å². The molecule has 14 heteroatoms. The molecule has 30 heavy (non-hydrogen) atoms. The van der Waals surface area contributed by atoms with Crippen LogP contribution in [0.1, 0.15) is 0 Å². The van der Waals surface area contributed by atoms with Gasteiger partial charge >= 0.3 is 0 Å². The molecular formula is C16H12O11S3. The van der Waals surface area contributed by atoms with Crippen LogP contribution in [0.25, 0.3) is 21.9 Å². The van der Waals surface area contributed by atoms with E-state index in [0.717, 1.165) is 36.4 Å². The fraction of sp³-hybridized carbons (Fsp3) is 0. The van der Waals surface area contributed by atoms with Crippen molar-refractivity contribution in [2.75, 3.05) is 0 Å². The van der Waals surface area contributed by atoms with Gasteiger partial charge in [-0.15, -0.1) is 0 Å². The van der Waals surface area contributed by atoms with Crippen molar-refractivity contribution >= 4 is 41.1 Å². The fourth-order valence-corrected chi connectivity index (χ4v) is 4.64. The molecule has 0 bridgehead atoms. The summed E-state index contributed by atoms with van der Waals surface area (Å²) in [4.78, 5) is -2.21. The molecule has 0 saturated carbocycles. The number of hydrogen-bond acceptors (Lipinski definition) is 8. The first-order valence-electron chi connectivity index (χ1n) is 7.66. The molecule has 0 heterocycles. The van der Waals surface area contributed by atoms with Gasteiger partial charge in [0.15, 0.2) is 0 Å². The highest BCUT2D eigenvalue weighted by molar-refractivity contribution is 7.86. The number of benzene rings is 3. The summed E-state index contributed by atoms with van der Waals surface area (Å²) in [6, 6.07) is 6.02. The molecule has 0 aromatic heterocycles. The Bertz CT molecular complexity index is 1500. The minimum absolute atomic E-state index is 0.118. The Morgan fingerprint density at radius 3 is 1.63 bits per heavy atom. The van der Waals surface area contributed by atoms with Gasteiger partial charge in [0, 0.05) is 11.6 Å². The van der Waals surface area contributed by atoms with Gasteiger partial charge in [0.2, 0.25) is 0 Å². The molecule has 3 aromatic rings. The molecule has 0 radical (unpaired) electrons. The van der Waals surface area contributed by atoms with Crippen LogP contribution < -0.4 is 0 Å². The molecule has 3 rings (SSSR count). The van der Waals surface area contributed by atoms with E-state index >= 15 is 0 Å². The van der Waals surface area contributed by atoms with Gasteiger partial charge in [0.25, 0.3) is 30.4 Å². The zero-order valence-electron chi connectivity index (χ0n) is 14.5. The van der Waals surface area contributed by atoms with Crippen LogP contribution in [0, 0.1) is 0 Å². The molecule has 5 N–H and O–H groups in total. The Labute approximate surface area is 170 Å². The number of phenolic OH excluding ortho intramolecular Hbond substituents is 2. The molecule has 0 atom stereocenters. The summed E-state index contributed by atoms with van der Waals surface area (Å²) in [5.41, 5.74) is -0.644. The van der Waals surface area contributed by atoms with Crippen molar-refractivity contribution in [1.82, 2.24) is 0 Å². The summed E-state index contributed by atoms with van der Waals surface area (Å²) in [5.74, 6) is -1.70. The number of hydrogen-bond donors (Lipinski definition) is 5. The molecule has 160 valence electrons. The van der Waals surface area contributed by atoms with Gasteiger partial charge in [0.05, 0.1) is 15.2 Å². The second-order valence-corrected chi connectivity index (χ2v) is 10.3. The summed E-state index contributed by atoms with van der Waals surface area (Å²) in [6.07, 6.45) is 0. The third kappa shape index (κ3) is 3.96. The van der Waals surface area contributed by atoms with Gasteiger partial charge in [-0.3, -0.25) is 13.7 Å². The highest BCUT2D eigenvalue weighted by Crippen LogP contribution is 2.45. The second kappa shape index (κ2) is 6.90. The quantitative estimate of drug-likeness (QED) is 0.342. The average Bonchev–Trinajstić information content (AvgIpc) is 2.58. The standard InChI is InChI=1S/C16H12O11S3/c17-12-7-11(29(22,23)24)5-9-6-13(30(25,26)27)15(16(18)14(9)12)8-1-3-10(4-2-8)28(19,20)21/h1-7,17-18H,(H,19,20,21)(H,22,23,24)(H,25,26,27). The SMILES string of the molecule is O=S(=O)(O)c1ccc(-c2c(S(=O)(=O)O)cc3cc(S(=O)(=O)O)cc(O)c3c2O)cc1. The van der Waals surface area contributed by atoms with Crippen molar-refractivity contribution in [3.63, 3.8) is 0 Å². The van der Waals surface area contributed by atoms with E-state index in [1.54, 1.807) is 0 Å². The monoisotopic (exact) mass is 476 g/mol. The third-order valence-electron chi connectivity index (χ3n) is 4.14. The lowest BCUT2D eigenvalue weighted by molar-refractivity contribution is 0.458. The van der Waals surface area contributed by atoms with Crippen LogP contribution in [0.3, 0.4) is 0 Å². The molecular weight excluding hydrogens is 464 g/mol. The van der Waals surface area contributed by atoms with Crippen LogP contribution in [-0.4, -0.2) is 49.1 Å². The van der Waals surface area contributed by atoms with Crippen molar-refractivity contribution < 1.29 is 49.1 Å². The van der Waals surface area contributed by atoms with Crippen LogP contribution in [-0.2, 0) is 30.4 Å². The maximum atomic E-state index is 11.9. The van der Waals surface area contributed by atoms with E-state index in [4.69, 9.17) is 9.11 Å². The van der Waals surface area contributed by atoms with E-state index in [-0.39, 0.29) is 10.9 Å². The molecule has 0 aliphatic heterocycles. The molecule has 11 nitrogen and oxygen atoms in total. The summed E-state index contributed by atoms with van der Waals surface area (Å²) >= 11 is 0. The highest BCUT2D eigenvalue weighted by atomic mass is 32.2. The molecule has 0 saturated heterocycles. The summed E-state index contributed by atoms with van der Waals surface area (Å²) in [5, 5.41) is 20.0. The van der Waals surface area contributed by atoms with Gasteiger partial charge in [-0.05, 0) is 35.2 Å². The van der Waals surface area contributed by atoms with Gasteiger partial charge in [0.1, 0.15) is 16.4 Å². The molecule has 0 aliphatic carbocycles. The Hall–Kier alpha value is -2.75. The van der Waals surface area contributed by atoms with Crippen LogP contribution in [0.5, 0.6) is 11.5 Å². The molecule has 0 fully saturated rings. The largest absolute Gasteiger partial charge is 0.507 e. The summed E-state index contributed by atoms with van der Waals surface area (Å²) < 4.78 is 96.6. The van der Waals surface area contributed by atoms with Crippen molar-refractivity contribution in [2.24, 2.45) is 0 Å². The number of phenols is 2. The zero-order chi connectivity index (χ0) is 22.6. The van der Waals surface area contributed by atoms with Gasteiger partial charge < -0.3 is 10.2 Å². The molecule has 0 aliphatic rings. The molecule has 3 aromatic carbocycles. The molecule has 0 spiro atoms. The van der Waals surface area contributed by atoms with E-state index < -0.39 is 67.5 Å². The normalized spacial score (nSPS) is 12.9. The maximum absolute atomic E-state index is 11.9. The predicted molar refractivity (Wildman–Crippen MR) is 102 cm³/mol. The summed E-state index contributed by atoms with van der Waals surface area (Å²) in [6.45, 7) is 0. The first-order chi connectivity index (χ1) is 13.6. The number of fused-ring (bicyclic) bond motifs is 1. The van der Waals surface area contributed by atoms with Crippen LogP contribution in [0.2, 0.25) is 0 Å². The minimum atomic E-state index is -5.02. The van der Waals surface area contributed by atoms with Crippen LogP contribution in [0.4, 0.5) is 0 Å². The van der Waals surface area contributed by atoms with E-state index in [1.165, 1.54) is 0 Å². The van der Waals surface area contributed by atoms with Gasteiger partial charge in [-0.2, -0.15) is 25.3 Å². The fourth-order valence-electron chi connectivity index (χ4n) is 2.87. The lowest BCUT2D eigenvalue weighted by Gasteiger charge is -2.15. The highest BCUT2D eigenvalue weighted by Gasteiger charge is 2.26. The van der Waals surface area contributed by atoms with Crippen molar-refractivity contribution in [3.8, 4) is 22.6 Å². The van der Waals surface area contributed by atoms with Crippen molar-refractivity contribution in [3.05, 3.63) is 42.5 Å². The third-order valence-corrected chi connectivity index (χ3v) is 6.72. The second-order valence-electron chi connectivity index (χ2n) is 6.09. The summed E-state index contributed by atoms with van der Waals surface area (Å²) in [7, 11) is -14.4. The smallest absolute Gasteiger partial charge is 0.295 e. The zero-order valence-corrected chi connectivity index (χ0v) is 16.9. The van der Waals surface area contributed by atoms with E-state index in [0.29, 0.717) is 6.07 Å². The van der Waals surface area contributed by atoms with E-state index in [2.05, 4.69) is 0 Å². The predicted octanol–water partition coefficient (Wildman–Crippen LogP) is 1.66. The van der Waals surface area contributed by atoms with E-state index in [1.807, 2.05) is 0 Å². The molecule has 0 unspecified atom stereocenters. The maximum Gasteiger partial charge on any atom is 0.295 e. The van der Waals surface area contributed by atoms with Crippen LogP contribution in [0.15, 0.2) is 57.2 Å². The Balaban J connectivity index is 2.45. The lowest BCUT2D eigenvalue weighted by atomic mass is 9.99. The van der Waals surface area contributed by atoms with Gasteiger partial charge in [-0.25, -0.2) is 0 Å². The van der Waals surface area contributed by atoms with E-state index in [9.17, 15) is 40.0 Å². The first kappa shape index (κ1) is 21.9. The number of aromatic hydroxyl groups is 2. The lowest BCUT2D eigenvalue weighted by Crippen LogP contribution is -2.03. The topological polar surface area (TPSA) is 204 Å². The first-order valence-corrected chi connectivity index (χ1v) is 12.0. The molecule has 0 amide bonds. The Kier molecular flexibility index (Phi) is 5.05. The van der Waals surface area contributed by atoms with Crippen molar-refractivity contribution in [2.45, 2.75) is 14.7 Å². The average molecular weight is 476 g/mol. The van der Waals surface area contributed by atoms with Crippen LogP contribution >= 0.6 is 0 Å². The Morgan fingerprint density at radius 2 is 1.17 bits per heavy atom. The number of rotatable bonds is 4. The van der Waals surface area contributed by atoms with Gasteiger partial charge in [-0.1, -0.05) is 12.1 Å².